The summed E-state index contributed by atoms with van der Waals surface area (Å²) in [5.41, 5.74) is -0.238. The molecule has 1 N–H and O–H groups in total. The van der Waals surface area contributed by atoms with E-state index in [9.17, 15) is 9.90 Å². The molecule has 1 heterocycles. The minimum atomic E-state index is -1.62. The predicted octanol–water partition coefficient (Wildman–Crippen LogP) is 2.91. The Hall–Kier alpha value is -2.01. The van der Waals surface area contributed by atoms with Gasteiger partial charge in [-0.05, 0) is 31.9 Å². The van der Waals surface area contributed by atoms with Crippen LogP contribution in [0.5, 0.6) is 0 Å². The first kappa shape index (κ1) is 19.7. The summed E-state index contributed by atoms with van der Waals surface area (Å²) in [7, 11) is 0. The summed E-state index contributed by atoms with van der Waals surface area (Å²) in [6.07, 6.45) is 0. The Balaban J connectivity index is 1.79. The van der Waals surface area contributed by atoms with Gasteiger partial charge in [0.25, 0.3) is 0 Å². The van der Waals surface area contributed by atoms with Gasteiger partial charge in [-0.15, -0.1) is 0 Å². The molecule has 0 spiro atoms. The standard InChI is InChI=1S/C23H30N2O2/c1-22(2,3)25-16-14-24(15-17-25)18-21(26)23(27,19-10-6-4-7-11-19)20-12-8-5-9-13-20/h4-13,27H,14-18H2,1-3H3. The van der Waals surface area contributed by atoms with Crippen LogP contribution in [-0.2, 0) is 10.4 Å². The van der Waals surface area contributed by atoms with Crippen molar-refractivity contribution < 1.29 is 9.90 Å². The van der Waals surface area contributed by atoms with Gasteiger partial charge in [-0.1, -0.05) is 60.7 Å². The van der Waals surface area contributed by atoms with Crippen LogP contribution in [0.3, 0.4) is 0 Å². The summed E-state index contributed by atoms with van der Waals surface area (Å²) < 4.78 is 0. The number of piperazine rings is 1. The molecule has 0 aliphatic carbocycles. The first-order chi connectivity index (χ1) is 12.8. The highest BCUT2D eigenvalue weighted by Gasteiger charge is 2.40. The average molecular weight is 367 g/mol. The average Bonchev–Trinajstić information content (AvgIpc) is 2.68. The number of rotatable bonds is 5. The molecule has 2 aromatic carbocycles. The predicted molar refractivity (Wildman–Crippen MR) is 109 cm³/mol. The van der Waals surface area contributed by atoms with Gasteiger partial charge in [0.05, 0.1) is 6.54 Å². The Kier molecular flexibility index (Phi) is 5.80. The molecule has 0 atom stereocenters. The van der Waals surface area contributed by atoms with Gasteiger partial charge >= 0.3 is 0 Å². The lowest BCUT2D eigenvalue weighted by molar-refractivity contribution is -0.136. The zero-order chi connectivity index (χ0) is 19.5. The molecule has 0 unspecified atom stereocenters. The molecule has 1 aliphatic heterocycles. The van der Waals surface area contributed by atoms with E-state index in [4.69, 9.17) is 0 Å². The van der Waals surface area contributed by atoms with Crippen molar-refractivity contribution >= 4 is 5.78 Å². The largest absolute Gasteiger partial charge is 0.373 e. The van der Waals surface area contributed by atoms with E-state index >= 15 is 0 Å². The first-order valence-electron chi connectivity index (χ1n) is 9.66. The number of Topliss-reactive ketones (excluding diaryl/α,β-unsaturated/α-hetero) is 1. The van der Waals surface area contributed by atoms with E-state index in [-0.39, 0.29) is 17.9 Å². The van der Waals surface area contributed by atoms with Crippen molar-refractivity contribution in [1.29, 1.82) is 0 Å². The third-order valence-electron chi connectivity index (χ3n) is 5.47. The first-order valence-corrected chi connectivity index (χ1v) is 9.66. The number of benzene rings is 2. The van der Waals surface area contributed by atoms with Crippen molar-refractivity contribution in [3.05, 3.63) is 71.8 Å². The number of carbonyl (C=O) groups excluding carboxylic acids is 1. The Labute approximate surface area is 162 Å². The van der Waals surface area contributed by atoms with Crippen molar-refractivity contribution in [3.8, 4) is 0 Å². The summed E-state index contributed by atoms with van der Waals surface area (Å²) in [6.45, 7) is 10.5. The lowest BCUT2D eigenvalue weighted by Crippen LogP contribution is -2.55. The molecular formula is C23H30N2O2. The minimum absolute atomic E-state index is 0.144. The van der Waals surface area contributed by atoms with Crippen LogP contribution in [0.2, 0.25) is 0 Å². The van der Waals surface area contributed by atoms with Gasteiger partial charge in [0, 0.05) is 31.7 Å². The van der Waals surface area contributed by atoms with Crippen molar-refractivity contribution in [1.82, 2.24) is 9.80 Å². The van der Waals surface area contributed by atoms with Crippen molar-refractivity contribution in [2.24, 2.45) is 0 Å². The van der Waals surface area contributed by atoms with E-state index in [0.29, 0.717) is 11.1 Å². The van der Waals surface area contributed by atoms with Crippen LogP contribution in [-0.4, -0.2) is 59.0 Å². The molecule has 2 aromatic rings. The van der Waals surface area contributed by atoms with Crippen LogP contribution < -0.4 is 0 Å². The Morgan fingerprint density at radius 1 is 0.852 bits per heavy atom. The van der Waals surface area contributed by atoms with E-state index in [1.807, 2.05) is 60.7 Å². The van der Waals surface area contributed by atoms with E-state index in [0.717, 1.165) is 26.2 Å². The van der Waals surface area contributed by atoms with Crippen molar-refractivity contribution in [2.75, 3.05) is 32.7 Å². The number of carbonyl (C=O) groups is 1. The third-order valence-corrected chi connectivity index (χ3v) is 5.47. The number of nitrogens with zero attached hydrogens (tertiary/aromatic N) is 2. The molecule has 27 heavy (non-hydrogen) atoms. The second kappa shape index (κ2) is 7.93. The van der Waals surface area contributed by atoms with Gasteiger partial charge in [0.15, 0.2) is 11.4 Å². The van der Waals surface area contributed by atoms with Crippen molar-refractivity contribution in [3.63, 3.8) is 0 Å². The zero-order valence-corrected chi connectivity index (χ0v) is 16.6. The topological polar surface area (TPSA) is 43.8 Å². The zero-order valence-electron chi connectivity index (χ0n) is 16.6. The molecule has 1 aliphatic rings. The summed E-state index contributed by atoms with van der Waals surface area (Å²) in [5, 5.41) is 11.5. The Morgan fingerprint density at radius 3 is 1.70 bits per heavy atom. The van der Waals surface area contributed by atoms with E-state index in [2.05, 4.69) is 30.6 Å². The van der Waals surface area contributed by atoms with Crippen LogP contribution in [0.15, 0.2) is 60.7 Å². The fourth-order valence-electron chi connectivity index (χ4n) is 3.74. The lowest BCUT2D eigenvalue weighted by Gasteiger charge is -2.42. The highest BCUT2D eigenvalue weighted by Crippen LogP contribution is 2.31. The lowest BCUT2D eigenvalue weighted by atomic mass is 9.82. The maximum Gasteiger partial charge on any atom is 0.187 e. The SMILES string of the molecule is CC(C)(C)N1CCN(CC(=O)C(O)(c2ccccc2)c2ccccc2)CC1. The highest BCUT2D eigenvalue weighted by atomic mass is 16.3. The normalized spacial score (nSPS) is 17.0. The van der Waals surface area contributed by atoms with Gasteiger partial charge in [0.1, 0.15) is 0 Å². The molecule has 1 saturated heterocycles. The molecule has 1 fully saturated rings. The van der Waals surface area contributed by atoms with Gasteiger partial charge in [-0.25, -0.2) is 0 Å². The summed E-state index contributed by atoms with van der Waals surface area (Å²) in [4.78, 5) is 17.9. The van der Waals surface area contributed by atoms with Crippen LogP contribution in [0, 0.1) is 0 Å². The maximum atomic E-state index is 13.3. The monoisotopic (exact) mass is 366 g/mol. The van der Waals surface area contributed by atoms with Crippen LogP contribution in [0.4, 0.5) is 0 Å². The van der Waals surface area contributed by atoms with Gasteiger partial charge in [0.2, 0.25) is 0 Å². The summed E-state index contributed by atoms with van der Waals surface area (Å²) in [5.74, 6) is -0.177. The molecule has 0 amide bonds. The number of hydrogen-bond donors (Lipinski definition) is 1. The number of hydrogen-bond acceptors (Lipinski definition) is 4. The summed E-state index contributed by atoms with van der Waals surface area (Å²) >= 11 is 0. The summed E-state index contributed by atoms with van der Waals surface area (Å²) in [6, 6.07) is 18.5. The maximum absolute atomic E-state index is 13.3. The molecule has 144 valence electrons. The molecule has 3 rings (SSSR count). The highest BCUT2D eigenvalue weighted by molar-refractivity contribution is 5.93. The van der Waals surface area contributed by atoms with Gasteiger partial charge < -0.3 is 5.11 Å². The molecular weight excluding hydrogens is 336 g/mol. The van der Waals surface area contributed by atoms with Crippen LogP contribution in [0.25, 0.3) is 0 Å². The van der Waals surface area contributed by atoms with Gasteiger partial charge in [-0.2, -0.15) is 0 Å². The van der Waals surface area contributed by atoms with Crippen molar-refractivity contribution in [2.45, 2.75) is 31.9 Å². The smallest absolute Gasteiger partial charge is 0.187 e. The van der Waals surface area contributed by atoms with Crippen LogP contribution >= 0.6 is 0 Å². The molecule has 0 saturated carbocycles. The quantitative estimate of drug-likeness (QED) is 0.884. The molecule has 0 aromatic heterocycles. The number of aliphatic hydroxyl groups is 1. The molecule has 4 nitrogen and oxygen atoms in total. The van der Waals surface area contributed by atoms with E-state index in [1.165, 1.54) is 0 Å². The second-order valence-electron chi connectivity index (χ2n) is 8.30. The fourth-order valence-corrected chi connectivity index (χ4v) is 3.74. The second-order valence-corrected chi connectivity index (χ2v) is 8.30. The molecule has 0 radical (unpaired) electrons. The van der Waals surface area contributed by atoms with E-state index < -0.39 is 5.60 Å². The number of ketones is 1. The fraction of sp³-hybridized carbons (Fsp3) is 0.435. The Bertz CT molecular complexity index is 705. The van der Waals surface area contributed by atoms with Gasteiger partial charge in [-0.3, -0.25) is 14.6 Å². The minimum Gasteiger partial charge on any atom is -0.373 e. The van der Waals surface area contributed by atoms with Crippen LogP contribution in [0.1, 0.15) is 31.9 Å². The third kappa shape index (κ3) is 4.29. The molecule has 4 heteroatoms. The van der Waals surface area contributed by atoms with E-state index in [1.54, 1.807) is 0 Å². The molecule has 0 bridgehead atoms. The Morgan fingerprint density at radius 2 is 1.30 bits per heavy atom.